The van der Waals surface area contributed by atoms with Gasteiger partial charge in [0.05, 0.1) is 21.9 Å². The lowest BCUT2D eigenvalue weighted by Crippen LogP contribution is -2.35. The molecule has 44 heavy (non-hydrogen) atoms. The van der Waals surface area contributed by atoms with Crippen molar-refractivity contribution in [3.8, 4) is 11.1 Å². The first kappa shape index (κ1) is 30.6. The molecule has 0 saturated heterocycles. The molecule has 8 heteroatoms. The van der Waals surface area contributed by atoms with Gasteiger partial charge in [0.25, 0.3) is 15.1 Å². The molecule has 1 aromatic heterocycles. The lowest BCUT2D eigenvalue weighted by Gasteiger charge is -2.20. The minimum atomic E-state index is -3.97. The first-order valence-corrected chi connectivity index (χ1v) is 18.5. The van der Waals surface area contributed by atoms with Crippen molar-refractivity contribution in [3.05, 3.63) is 107 Å². The van der Waals surface area contributed by atoms with E-state index in [1.807, 2.05) is 11.8 Å². The monoisotopic (exact) mass is 641 g/mol. The van der Waals surface area contributed by atoms with Crippen LogP contribution in [-0.2, 0) is 16.7 Å². The lowest BCUT2D eigenvalue weighted by atomic mass is 10.0. The van der Waals surface area contributed by atoms with Crippen molar-refractivity contribution in [2.75, 3.05) is 17.2 Å². The number of thioether (sulfide) groups is 1. The van der Waals surface area contributed by atoms with Crippen molar-refractivity contribution in [1.29, 1.82) is 0 Å². The Kier molecular flexibility index (Phi) is 9.52. The molecule has 0 amide bonds. The second-order valence-corrected chi connectivity index (χ2v) is 14.8. The summed E-state index contributed by atoms with van der Waals surface area (Å²) in [6.45, 7) is 3.89. The molecule has 1 aliphatic rings. The number of thiazole rings is 1. The summed E-state index contributed by atoms with van der Waals surface area (Å²) in [7, 11) is -3.97. The zero-order valence-corrected chi connectivity index (χ0v) is 27.3. The predicted octanol–water partition coefficient (Wildman–Crippen LogP) is 9.33. The fourth-order valence-electron chi connectivity index (χ4n) is 5.77. The standard InChI is InChI=1S/C36H36N2O3S3/c1-2-3-9-23-37-31-26-29(27-13-5-4-6-14-27)20-21-32(31)42-34(37)17-12-18-35-38(24-10-11-25-44(39,40)41)36-30-16-8-7-15-28(30)19-22-33(36)43-35/h4-8,12-22,26H,2-3,9-11,23-25H2,1H3/p+1. The summed E-state index contributed by atoms with van der Waals surface area (Å²) in [5.74, 6) is -0.217. The van der Waals surface area contributed by atoms with Crippen molar-refractivity contribution >= 4 is 66.0 Å². The molecule has 1 aliphatic heterocycles. The largest absolute Gasteiger partial charge is 0.335 e. The lowest BCUT2D eigenvalue weighted by molar-refractivity contribution is -0.668. The maximum Gasteiger partial charge on any atom is 0.264 e. The van der Waals surface area contributed by atoms with Gasteiger partial charge in [0.15, 0.2) is 6.54 Å². The highest BCUT2D eigenvalue weighted by Crippen LogP contribution is 2.47. The number of fused-ring (bicyclic) bond motifs is 4. The van der Waals surface area contributed by atoms with Crippen molar-refractivity contribution < 1.29 is 17.5 Å². The Balaban J connectivity index is 1.32. The molecule has 5 nitrogen and oxygen atoms in total. The summed E-state index contributed by atoms with van der Waals surface area (Å²) in [6.07, 6.45) is 11.1. The topological polar surface area (TPSA) is 61.5 Å². The van der Waals surface area contributed by atoms with Crippen LogP contribution in [0, 0.1) is 0 Å². The molecule has 0 atom stereocenters. The van der Waals surface area contributed by atoms with Crippen LogP contribution in [0.5, 0.6) is 0 Å². The highest BCUT2D eigenvalue weighted by atomic mass is 32.2. The van der Waals surface area contributed by atoms with Crippen LogP contribution in [0.4, 0.5) is 5.69 Å². The third-order valence-electron chi connectivity index (χ3n) is 7.95. The van der Waals surface area contributed by atoms with E-state index in [9.17, 15) is 13.0 Å². The second-order valence-electron chi connectivity index (χ2n) is 11.1. The van der Waals surface area contributed by atoms with Gasteiger partial charge < -0.3 is 4.90 Å². The van der Waals surface area contributed by atoms with Crippen LogP contribution in [0.1, 0.15) is 44.0 Å². The van der Waals surface area contributed by atoms with E-state index in [0.717, 1.165) is 18.0 Å². The smallest absolute Gasteiger partial charge is 0.264 e. The number of allylic oxidation sites excluding steroid dienone is 2. The average Bonchev–Trinajstić information content (AvgIpc) is 3.56. The van der Waals surface area contributed by atoms with Gasteiger partial charge >= 0.3 is 0 Å². The van der Waals surface area contributed by atoms with Crippen LogP contribution < -0.4 is 9.47 Å². The van der Waals surface area contributed by atoms with Gasteiger partial charge in [0.1, 0.15) is 4.70 Å². The van der Waals surface area contributed by atoms with E-state index in [-0.39, 0.29) is 5.75 Å². The fourth-order valence-corrected chi connectivity index (χ4v) is 8.54. The molecule has 0 unspecified atom stereocenters. The van der Waals surface area contributed by atoms with E-state index >= 15 is 0 Å². The number of nitrogens with zero attached hydrogens (tertiary/aromatic N) is 2. The number of rotatable bonds is 12. The molecule has 4 aromatic carbocycles. The molecule has 0 radical (unpaired) electrons. The van der Waals surface area contributed by atoms with Gasteiger partial charge in [-0.15, -0.1) is 0 Å². The molecule has 226 valence electrons. The van der Waals surface area contributed by atoms with Crippen LogP contribution in [0.25, 0.3) is 38.2 Å². The number of hydrogen-bond donors (Lipinski definition) is 1. The SMILES string of the molecule is CCCCCN1/C(=C/C=C/c2sc3ccc4ccccc4c3[n+]2CCCCS(=O)(=O)O)Sc2ccc(-c3ccccc3)cc21. The maximum atomic E-state index is 11.3. The third-order valence-corrected chi connectivity index (χ3v) is 11.0. The van der Waals surface area contributed by atoms with Gasteiger partial charge in [-0.3, -0.25) is 4.55 Å². The van der Waals surface area contributed by atoms with Gasteiger partial charge in [0, 0.05) is 23.9 Å². The molecular weight excluding hydrogens is 605 g/mol. The Morgan fingerprint density at radius 1 is 0.886 bits per heavy atom. The molecule has 0 bridgehead atoms. The summed E-state index contributed by atoms with van der Waals surface area (Å²) in [6, 6.07) is 30.1. The Hall–Kier alpha value is -3.43. The van der Waals surface area contributed by atoms with Crippen molar-refractivity contribution in [2.24, 2.45) is 0 Å². The minimum absolute atomic E-state index is 0.217. The number of aryl methyl sites for hydroxylation is 1. The van der Waals surface area contributed by atoms with E-state index in [1.54, 1.807) is 11.3 Å². The average molecular weight is 642 g/mol. The first-order valence-electron chi connectivity index (χ1n) is 15.2. The minimum Gasteiger partial charge on any atom is -0.335 e. The molecule has 1 N–H and O–H groups in total. The Labute approximate surface area is 268 Å². The fraction of sp³-hybridized carbons (Fsp3) is 0.250. The van der Waals surface area contributed by atoms with Crippen LogP contribution in [0.2, 0.25) is 0 Å². The summed E-state index contributed by atoms with van der Waals surface area (Å²) in [5.41, 5.74) is 4.90. The normalized spacial score (nSPS) is 14.4. The Bertz CT molecular complexity index is 1950. The summed E-state index contributed by atoms with van der Waals surface area (Å²) in [4.78, 5) is 3.75. The number of hydrogen-bond acceptors (Lipinski definition) is 5. The number of anilines is 1. The van der Waals surface area contributed by atoms with E-state index in [0.29, 0.717) is 19.4 Å². The number of unbranched alkanes of at least 4 members (excludes halogenated alkanes) is 3. The number of benzene rings is 4. The molecule has 2 heterocycles. The third kappa shape index (κ3) is 6.94. The molecule has 0 saturated carbocycles. The van der Waals surface area contributed by atoms with Gasteiger partial charge in [0.2, 0.25) is 5.52 Å². The summed E-state index contributed by atoms with van der Waals surface area (Å²) >= 11 is 3.57. The van der Waals surface area contributed by atoms with E-state index in [1.165, 1.54) is 60.6 Å². The Morgan fingerprint density at radius 2 is 1.70 bits per heavy atom. The van der Waals surface area contributed by atoms with E-state index < -0.39 is 10.1 Å². The van der Waals surface area contributed by atoms with Crippen LogP contribution in [0.3, 0.4) is 0 Å². The number of aromatic nitrogens is 1. The first-order chi connectivity index (χ1) is 21.4. The Morgan fingerprint density at radius 3 is 2.52 bits per heavy atom. The zero-order valence-electron chi connectivity index (χ0n) is 24.9. The van der Waals surface area contributed by atoms with Gasteiger partial charge in [-0.25, -0.2) is 0 Å². The quantitative estimate of drug-likeness (QED) is 0.0836. The van der Waals surface area contributed by atoms with Crippen LogP contribution in [-0.4, -0.2) is 25.3 Å². The summed E-state index contributed by atoms with van der Waals surface area (Å²) < 4.78 is 35.4. The van der Waals surface area contributed by atoms with Gasteiger partial charge in [-0.05, 0) is 59.7 Å². The highest BCUT2D eigenvalue weighted by Gasteiger charge is 2.25. The highest BCUT2D eigenvalue weighted by molar-refractivity contribution is 8.03. The summed E-state index contributed by atoms with van der Waals surface area (Å²) in [5, 5.41) is 4.71. The van der Waals surface area contributed by atoms with Crippen molar-refractivity contribution in [1.82, 2.24) is 0 Å². The molecule has 5 aromatic rings. The van der Waals surface area contributed by atoms with E-state index in [2.05, 4.69) is 120 Å². The maximum absolute atomic E-state index is 11.3. The molecular formula is C36H37N2O3S3+. The second kappa shape index (κ2) is 13.7. The molecule has 0 spiro atoms. The van der Waals surface area contributed by atoms with Gasteiger partial charge in [-0.1, -0.05) is 110 Å². The molecule has 0 fully saturated rings. The predicted molar refractivity (Wildman–Crippen MR) is 187 cm³/mol. The van der Waals surface area contributed by atoms with Crippen molar-refractivity contribution in [3.63, 3.8) is 0 Å². The van der Waals surface area contributed by atoms with Gasteiger partial charge in [-0.2, -0.15) is 13.0 Å². The van der Waals surface area contributed by atoms with Crippen LogP contribution in [0.15, 0.2) is 107 Å². The van der Waals surface area contributed by atoms with E-state index in [4.69, 9.17) is 0 Å². The molecule has 6 rings (SSSR count). The van der Waals surface area contributed by atoms with Crippen LogP contribution >= 0.6 is 23.1 Å². The zero-order chi connectivity index (χ0) is 30.5. The molecule has 0 aliphatic carbocycles. The van der Waals surface area contributed by atoms with Crippen molar-refractivity contribution in [2.45, 2.75) is 50.5 Å².